The molecule has 0 saturated carbocycles. The summed E-state index contributed by atoms with van der Waals surface area (Å²) >= 11 is 0. The van der Waals surface area contributed by atoms with E-state index in [4.69, 9.17) is 0 Å². The minimum absolute atomic E-state index is 0. The molecule has 4 heteroatoms. The summed E-state index contributed by atoms with van der Waals surface area (Å²) < 4.78 is 0. The van der Waals surface area contributed by atoms with Crippen molar-refractivity contribution in [2.24, 2.45) is 0 Å². The average Bonchev–Trinajstić information content (AvgIpc) is 1.72. The molecule has 0 aliphatic carbocycles. The molecule has 0 unspecified atom stereocenters. The number of rotatable bonds is 0. The molecule has 0 N–H and O–H groups in total. The van der Waals surface area contributed by atoms with E-state index in [9.17, 15) is 0 Å². The second-order valence-corrected chi connectivity index (χ2v) is 0.811. The van der Waals surface area contributed by atoms with E-state index in [1.165, 1.54) is 0 Å². The molecular weight excluding hydrogens is 134 g/mol. The summed E-state index contributed by atoms with van der Waals surface area (Å²) in [4.78, 5) is 0. The third kappa shape index (κ3) is 2.25. The SMILES string of the molecule is [Fe].c1cnnnc1. The first kappa shape index (κ1) is 6.53. The summed E-state index contributed by atoms with van der Waals surface area (Å²) in [5, 5.41) is 10.1. The molecule has 0 amide bonds. The van der Waals surface area contributed by atoms with Gasteiger partial charge in [-0.05, 0) is 11.3 Å². The van der Waals surface area contributed by atoms with Gasteiger partial charge in [0.1, 0.15) is 0 Å². The van der Waals surface area contributed by atoms with Crippen LogP contribution in [0.2, 0.25) is 0 Å². The third-order valence-electron chi connectivity index (χ3n) is 0.409. The molecule has 0 saturated heterocycles. The van der Waals surface area contributed by atoms with Gasteiger partial charge in [0.2, 0.25) is 0 Å². The van der Waals surface area contributed by atoms with Crippen molar-refractivity contribution in [2.45, 2.75) is 0 Å². The molecule has 0 aliphatic rings. The summed E-state index contributed by atoms with van der Waals surface area (Å²) in [6.07, 6.45) is 3.15. The van der Waals surface area contributed by atoms with Crippen LogP contribution < -0.4 is 0 Å². The van der Waals surface area contributed by atoms with Crippen molar-refractivity contribution < 1.29 is 17.1 Å². The van der Waals surface area contributed by atoms with Gasteiger partial charge in [0.05, 0.1) is 12.4 Å². The van der Waals surface area contributed by atoms with Gasteiger partial charge in [-0.25, -0.2) is 0 Å². The summed E-state index contributed by atoms with van der Waals surface area (Å²) in [5.74, 6) is 0. The van der Waals surface area contributed by atoms with E-state index in [0.717, 1.165) is 0 Å². The van der Waals surface area contributed by atoms with Gasteiger partial charge in [-0.3, -0.25) is 0 Å². The van der Waals surface area contributed by atoms with Crippen LogP contribution in [0.5, 0.6) is 0 Å². The normalized spacial score (nSPS) is 6.86. The number of hydrogen-bond donors (Lipinski definition) is 0. The molecule has 7 heavy (non-hydrogen) atoms. The minimum atomic E-state index is 0. The van der Waals surface area contributed by atoms with Crippen molar-refractivity contribution in [3.63, 3.8) is 0 Å². The summed E-state index contributed by atoms with van der Waals surface area (Å²) in [6.45, 7) is 0. The van der Waals surface area contributed by atoms with Gasteiger partial charge in [0.25, 0.3) is 0 Å². The first-order chi connectivity index (χ1) is 3.00. The Bertz CT molecular complexity index is 82.1. The predicted molar refractivity (Wildman–Crippen MR) is 19.8 cm³/mol. The predicted octanol–water partition coefficient (Wildman–Crippen LogP) is -0.131. The molecule has 1 aromatic rings. The van der Waals surface area contributed by atoms with Crippen molar-refractivity contribution in [3.8, 4) is 0 Å². The fourth-order valence-electron chi connectivity index (χ4n) is 0.205. The summed E-state index contributed by atoms with van der Waals surface area (Å²) in [7, 11) is 0. The molecule has 1 rings (SSSR count). The molecule has 0 atom stereocenters. The quantitative estimate of drug-likeness (QED) is 0.467. The summed E-state index contributed by atoms with van der Waals surface area (Å²) in [6, 6.07) is 1.72. The molecule has 38 valence electrons. The van der Waals surface area contributed by atoms with E-state index in [-0.39, 0.29) is 17.1 Å². The van der Waals surface area contributed by atoms with Crippen LogP contribution >= 0.6 is 0 Å². The second-order valence-electron chi connectivity index (χ2n) is 0.811. The van der Waals surface area contributed by atoms with Crippen LogP contribution in [0.15, 0.2) is 18.5 Å². The Labute approximate surface area is 51.6 Å². The molecular formula is C3H3FeN3. The largest absolute Gasteiger partial charge is 0.139 e. The maximum Gasteiger partial charge on any atom is 0.0529 e. The van der Waals surface area contributed by atoms with Gasteiger partial charge in [-0.2, -0.15) is 0 Å². The number of nitrogens with zero attached hydrogens (tertiary/aromatic N) is 3. The molecule has 0 spiro atoms. The molecule has 1 heterocycles. The van der Waals surface area contributed by atoms with Gasteiger partial charge in [0, 0.05) is 17.1 Å². The number of hydrogen-bond acceptors (Lipinski definition) is 3. The van der Waals surface area contributed by atoms with Gasteiger partial charge < -0.3 is 0 Å². The number of aromatic nitrogens is 3. The molecule has 0 radical (unpaired) electrons. The van der Waals surface area contributed by atoms with Crippen LogP contribution in [-0.4, -0.2) is 15.4 Å². The van der Waals surface area contributed by atoms with Crippen LogP contribution in [0.1, 0.15) is 0 Å². The second kappa shape index (κ2) is 3.71. The fourth-order valence-corrected chi connectivity index (χ4v) is 0.205. The fraction of sp³-hybridized carbons (Fsp3) is 0. The van der Waals surface area contributed by atoms with E-state index in [1.54, 1.807) is 18.5 Å². The Morgan fingerprint density at radius 2 is 1.57 bits per heavy atom. The molecule has 3 nitrogen and oxygen atoms in total. The Hall–Kier alpha value is -0.471. The van der Waals surface area contributed by atoms with Gasteiger partial charge in [-0.1, -0.05) is 0 Å². The van der Waals surface area contributed by atoms with E-state index in [0.29, 0.717) is 0 Å². The summed E-state index contributed by atoms with van der Waals surface area (Å²) in [5.41, 5.74) is 0. The smallest absolute Gasteiger partial charge is 0.0529 e. The van der Waals surface area contributed by atoms with E-state index in [1.807, 2.05) is 0 Å². The van der Waals surface area contributed by atoms with E-state index in [2.05, 4.69) is 15.4 Å². The zero-order chi connectivity index (χ0) is 4.24. The van der Waals surface area contributed by atoms with Crippen LogP contribution in [0.25, 0.3) is 0 Å². The van der Waals surface area contributed by atoms with Crippen molar-refractivity contribution in [2.75, 3.05) is 0 Å². The Morgan fingerprint density at radius 1 is 1.00 bits per heavy atom. The first-order valence-electron chi connectivity index (χ1n) is 1.58. The van der Waals surface area contributed by atoms with Crippen LogP contribution in [0.3, 0.4) is 0 Å². The zero-order valence-electron chi connectivity index (χ0n) is 3.43. The average molecular weight is 137 g/mol. The Kier molecular flexibility index (Phi) is 3.46. The zero-order valence-corrected chi connectivity index (χ0v) is 4.53. The van der Waals surface area contributed by atoms with E-state index < -0.39 is 0 Å². The van der Waals surface area contributed by atoms with Crippen molar-refractivity contribution in [1.29, 1.82) is 0 Å². The first-order valence-corrected chi connectivity index (χ1v) is 1.58. The van der Waals surface area contributed by atoms with Crippen molar-refractivity contribution in [3.05, 3.63) is 18.5 Å². The molecule has 0 bridgehead atoms. The Balaban J connectivity index is 0.000000360. The van der Waals surface area contributed by atoms with Gasteiger partial charge in [-0.15, -0.1) is 10.2 Å². The maximum absolute atomic E-state index is 3.42. The molecule has 0 aliphatic heterocycles. The molecule has 1 aromatic heterocycles. The molecule has 0 fully saturated rings. The molecule has 0 aromatic carbocycles. The Morgan fingerprint density at radius 3 is 1.71 bits per heavy atom. The topological polar surface area (TPSA) is 38.7 Å². The van der Waals surface area contributed by atoms with Crippen molar-refractivity contribution >= 4 is 0 Å². The van der Waals surface area contributed by atoms with Gasteiger partial charge >= 0.3 is 0 Å². The minimum Gasteiger partial charge on any atom is -0.139 e. The third-order valence-corrected chi connectivity index (χ3v) is 0.409. The van der Waals surface area contributed by atoms with Crippen LogP contribution in [0.4, 0.5) is 0 Å². The maximum atomic E-state index is 3.42. The standard InChI is InChI=1S/C3H3N3.Fe/c1-2-4-6-5-3-1;/h1-3H;. The van der Waals surface area contributed by atoms with Crippen molar-refractivity contribution in [1.82, 2.24) is 15.4 Å². The monoisotopic (exact) mass is 137 g/mol. The van der Waals surface area contributed by atoms with Crippen LogP contribution in [-0.2, 0) is 17.1 Å². The van der Waals surface area contributed by atoms with Crippen LogP contribution in [0, 0.1) is 0 Å². The van der Waals surface area contributed by atoms with Gasteiger partial charge in [0.15, 0.2) is 0 Å². The van der Waals surface area contributed by atoms with E-state index >= 15 is 0 Å².